The van der Waals surface area contributed by atoms with Gasteiger partial charge in [-0.3, -0.25) is 9.79 Å². The van der Waals surface area contributed by atoms with Crippen molar-refractivity contribution in [2.24, 2.45) is 10.9 Å². The molecule has 0 aromatic heterocycles. The third kappa shape index (κ3) is 8.96. The van der Waals surface area contributed by atoms with E-state index in [1.807, 2.05) is 31.2 Å². The molecule has 1 amide bonds. The number of hydrogen-bond donors (Lipinski definition) is 2. The zero-order valence-corrected chi connectivity index (χ0v) is 16.9. The van der Waals surface area contributed by atoms with Gasteiger partial charge >= 0.3 is 6.18 Å². The molecule has 1 atom stereocenters. The predicted octanol–water partition coefficient (Wildman–Crippen LogP) is 2.97. The van der Waals surface area contributed by atoms with E-state index < -0.39 is 18.6 Å². The van der Waals surface area contributed by atoms with Crippen molar-refractivity contribution in [3.63, 3.8) is 0 Å². The average molecular weight is 402 g/mol. The minimum absolute atomic E-state index is 0.131. The lowest BCUT2D eigenvalue weighted by molar-refractivity contribution is -0.157. The first-order valence-corrected chi connectivity index (χ1v) is 9.02. The van der Waals surface area contributed by atoms with E-state index >= 15 is 0 Å². The number of amides is 1. The van der Waals surface area contributed by atoms with Gasteiger partial charge < -0.3 is 20.3 Å². The number of halogens is 3. The van der Waals surface area contributed by atoms with Crippen LogP contribution in [0.15, 0.2) is 29.3 Å². The first kappa shape index (κ1) is 23.6. The Morgan fingerprint density at radius 1 is 1.21 bits per heavy atom. The van der Waals surface area contributed by atoms with Crippen LogP contribution in [-0.2, 0) is 4.79 Å². The van der Waals surface area contributed by atoms with Crippen molar-refractivity contribution >= 4 is 11.9 Å². The molecule has 0 aliphatic rings. The average Bonchev–Trinajstić information content (AvgIpc) is 2.61. The number of benzene rings is 1. The molecule has 0 saturated carbocycles. The van der Waals surface area contributed by atoms with Crippen molar-refractivity contribution in [3.05, 3.63) is 29.8 Å². The number of aliphatic imine (C=N–C) groups is 1. The number of carbonyl (C=O) groups is 1. The summed E-state index contributed by atoms with van der Waals surface area (Å²) in [7, 11) is 2.63. The summed E-state index contributed by atoms with van der Waals surface area (Å²) in [6.45, 7) is 5.12. The van der Waals surface area contributed by atoms with Gasteiger partial charge in [-0.25, -0.2) is 0 Å². The molecule has 158 valence electrons. The van der Waals surface area contributed by atoms with E-state index in [1.165, 1.54) is 7.05 Å². The maximum absolute atomic E-state index is 12.3. The summed E-state index contributed by atoms with van der Waals surface area (Å²) in [5, 5.41) is 5.84. The molecule has 9 heteroatoms. The number of hydrogen-bond acceptors (Lipinski definition) is 3. The van der Waals surface area contributed by atoms with E-state index in [1.54, 1.807) is 0 Å². The SMILES string of the molecule is CN=C(NCC(=O)N(C)CC(F)(F)F)NC(C)c1ccc(OCC(C)C)cc1. The topological polar surface area (TPSA) is 66.0 Å². The number of nitrogens with zero attached hydrogens (tertiary/aromatic N) is 2. The number of guanidine groups is 1. The number of ether oxygens (including phenoxy) is 1. The summed E-state index contributed by atoms with van der Waals surface area (Å²) in [5.41, 5.74) is 0.973. The molecule has 6 nitrogen and oxygen atoms in total. The van der Waals surface area contributed by atoms with Crippen LogP contribution >= 0.6 is 0 Å². The fourth-order valence-corrected chi connectivity index (χ4v) is 2.25. The Balaban J connectivity index is 2.54. The van der Waals surface area contributed by atoms with Crippen LogP contribution in [0.5, 0.6) is 5.75 Å². The third-order valence-electron chi connectivity index (χ3n) is 3.79. The molecule has 0 heterocycles. The molecule has 0 radical (unpaired) electrons. The van der Waals surface area contributed by atoms with Gasteiger partial charge in [0.1, 0.15) is 12.3 Å². The van der Waals surface area contributed by atoms with Gasteiger partial charge in [-0.1, -0.05) is 26.0 Å². The second-order valence-corrected chi connectivity index (χ2v) is 6.93. The first-order valence-electron chi connectivity index (χ1n) is 9.02. The number of rotatable bonds is 8. The van der Waals surface area contributed by atoms with Crippen LogP contribution in [0.25, 0.3) is 0 Å². The van der Waals surface area contributed by atoms with Crippen LogP contribution in [0, 0.1) is 5.92 Å². The molecule has 0 aliphatic carbocycles. The molecule has 0 fully saturated rings. The van der Waals surface area contributed by atoms with Gasteiger partial charge in [0, 0.05) is 14.1 Å². The number of likely N-dealkylation sites (N-methyl/N-ethyl adjacent to an activating group) is 1. The van der Waals surface area contributed by atoms with E-state index in [4.69, 9.17) is 4.74 Å². The Morgan fingerprint density at radius 2 is 1.82 bits per heavy atom. The van der Waals surface area contributed by atoms with Crippen LogP contribution < -0.4 is 15.4 Å². The van der Waals surface area contributed by atoms with Gasteiger partial charge in [-0.2, -0.15) is 13.2 Å². The van der Waals surface area contributed by atoms with Crippen molar-refractivity contribution in [2.75, 3.05) is 33.8 Å². The molecule has 2 N–H and O–H groups in total. The fraction of sp³-hybridized carbons (Fsp3) is 0.579. The Bertz CT molecular complexity index is 646. The number of alkyl halides is 3. The Labute approximate surface area is 164 Å². The summed E-state index contributed by atoms with van der Waals surface area (Å²) in [5.74, 6) is 0.860. The van der Waals surface area contributed by atoms with Crippen molar-refractivity contribution < 1.29 is 22.7 Å². The zero-order valence-electron chi connectivity index (χ0n) is 16.9. The molecule has 0 bridgehead atoms. The lowest BCUT2D eigenvalue weighted by atomic mass is 10.1. The Kier molecular flexibility index (Phi) is 9.08. The van der Waals surface area contributed by atoms with Gasteiger partial charge in [-0.15, -0.1) is 0 Å². The highest BCUT2D eigenvalue weighted by atomic mass is 19.4. The highest BCUT2D eigenvalue weighted by molar-refractivity contribution is 5.86. The molecule has 0 aliphatic heterocycles. The van der Waals surface area contributed by atoms with Crippen LogP contribution in [-0.4, -0.2) is 56.7 Å². The summed E-state index contributed by atoms with van der Waals surface area (Å²) >= 11 is 0. The van der Waals surface area contributed by atoms with E-state index in [0.29, 0.717) is 23.4 Å². The van der Waals surface area contributed by atoms with Gasteiger partial charge in [-0.05, 0) is 30.5 Å². The molecule has 0 saturated heterocycles. The van der Waals surface area contributed by atoms with Gasteiger partial charge in [0.05, 0.1) is 19.2 Å². The van der Waals surface area contributed by atoms with E-state index in [-0.39, 0.29) is 12.6 Å². The molecule has 1 unspecified atom stereocenters. The van der Waals surface area contributed by atoms with Crippen LogP contribution in [0.4, 0.5) is 13.2 Å². The fourth-order valence-electron chi connectivity index (χ4n) is 2.25. The van der Waals surface area contributed by atoms with Crippen LogP contribution in [0.2, 0.25) is 0 Å². The summed E-state index contributed by atoms with van der Waals surface area (Å²) in [6.07, 6.45) is -4.43. The largest absolute Gasteiger partial charge is 0.493 e. The Morgan fingerprint density at radius 3 is 2.32 bits per heavy atom. The van der Waals surface area contributed by atoms with Crippen molar-refractivity contribution in [2.45, 2.75) is 33.0 Å². The van der Waals surface area contributed by atoms with Gasteiger partial charge in [0.2, 0.25) is 5.91 Å². The maximum Gasteiger partial charge on any atom is 0.406 e. The normalized spacial score (nSPS) is 13.2. The smallest absolute Gasteiger partial charge is 0.406 e. The molecule has 1 aromatic rings. The van der Waals surface area contributed by atoms with Crippen molar-refractivity contribution in [3.8, 4) is 5.75 Å². The molecular formula is C19H29F3N4O2. The molecule has 28 heavy (non-hydrogen) atoms. The monoisotopic (exact) mass is 402 g/mol. The van der Waals surface area contributed by atoms with E-state index in [2.05, 4.69) is 29.5 Å². The highest BCUT2D eigenvalue weighted by Gasteiger charge is 2.31. The quantitative estimate of drug-likeness (QED) is 0.518. The Hall–Kier alpha value is -2.45. The molecule has 1 aromatic carbocycles. The van der Waals surface area contributed by atoms with E-state index in [0.717, 1.165) is 18.4 Å². The van der Waals surface area contributed by atoms with Crippen LogP contribution in [0.3, 0.4) is 0 Å². The molecule has 0 spiro atoms. The number of nitrogens with one attached hydrogen (secondary N) is 2. The number of carbonyl (C=O) groups excluding carboxylic acids is 1. The van der Waals surface area contributed by atoms with Crippen LogP contribution in [0.1, 0.15) is 32.4 Å². The second kappa shape index (κ2) is 10.8. The van der Waals surface area contributed by atoms with Crippen molar-refractivity contribution in [1.29, 1.82) is 0 Å². The van der Waals surface area contributed by atoms with E-state index in [9.17, 15) is 18.0 Å². The summed E-state index contributed by atoms with van der Waals surface area (Å²) < 4.78 is 42.7. The third-order valence-corrected chi connectivity index (χ3v) is 3.79. The van der Waals surface area contributed by atoms with Gasteiger partial charge in [0.15, 0.2) is 5.96 Å². The molecule has 1 rings (SSSR count). The van der Waals surface area contributed by atoms with Crippen molar-refractivity contribution in [1.82, 2.24) is 15.5 Å². The highest BCUT2D eigenvalue weighted by Crippen LogP contribution is 2.18. The molecular weight excluding hydrogens is 373 g/mol. The lowest BCUT2D eigenvalue weighted by Crippen LogP contribution is -2.46. The minimum atomic E-state index is -4.43. The standard InChI is InChI=1S/C19H29F3N4O2/c1-13(2)11-28-16-8-6-15(7-9-16)14(3)25-18(23-4)24-10-17(27)26(5)12-19(20,21)22/h6-9,13-14H,10-12H2,1-5H3,(H2,23,24,25). The minimum Gasteiger partial charge on any atom is -0.493 e. The second-order valence-electron chi connectivity index (χ2n) is 6.93. The summed E-state index contributed by atoms with van der Waals surface area (Å²) in [6, 6.07) is 7.46. The maximum atomic E-state index is 12.3. The lowest BCUT2D eigenvalue weighted by Gasteiger charge is -2.21. The van der Waals surface area contributed by atoms with Gasteiger partial charge in [0.25, 0.3) is 0 Å². The summed E-state index contributed by atoms with van der Waals surface area (Å²) in [4.78, 5) is 16.4. The first-order chi connectivity index (χ1) is 13.0. The zero-order chi connectivity index (χ0) is 21.3. The predicted molar refractivity (Wildman–Crippen MR) is 103 cm³/mol.